The fourth-order valence-electron chi connectivity index (χ4n) is 2.50. The number of carbonyl (C=O) groups is 1. The Morgan fingerprint density at radius 2 is 1.42 bits per heavy atom. The molecule has 0 aliphatic heterocycles. The number of hydrogen-bond acceptors (Lipinski definition) is 3. The molecule has 2 amide bonds. The van der Waals surface area contributed by atoms with Crippen LogP contribution in [-0.4, -0.2) is 38.2 Å². The molecule has 0 bridgehead atoms. The minimum Gasteiger partial charge on any atom is -0.497 e. The van der Waals surface area contributed by atoms with E-state index in [0.29, 0.717) is 30.3 Å². The van der Waals surface area contributed by atoms with Crippen LogP contribution in [0.5, 0.6) is 11.5 Å². The highest BCUT2D eigenvalue weighted by atomic mass is 16.5. The summed E-state index contributed by atoms with van der Waals surface area (Å²) in [5, 5.41) is 0. The van der Waals surface area contributed by atoms with Gasteiger partial charge in [-0.1, -0.05) is 18.2 Å². The molecule has 0 radical (unpaired) electrons. The predicted octanol–water partition coefficient (Wildman–Crippen LogP) is 4.30. The Kier molecular flexibility index (Phi) is 6.07. The highest BCUT2D eigenvalue weighted by molar-refractivity contribution is 5.99. The first-order valence-electron chi connectivity index (χ1n) is 8.01. The first kappa shape index (κ1) is 17.7. The molecule has 0 aliphatic rings. The molecule has 0 heterocycles. The molecular formula is C19H24N2O3. The van der Waals surface area contributed by atoms with Crippen LogP contribution in [0.3, 0.4) is 0 Å². The molecule has 0 N–H and O–H groups in total. The summed E-state index contributed by atoms with van der Waals surface area (Å²) in [5.74, 6) is 1.27. The third-order valence-corrected chi connectivity index (χ3v) is 3.83. The van der Waals surface area contributed by atoms with Crippen molar-refractivity contribution in [3.8, 4) is 11.5 Å². The Morgan fingerprint density at radius 1 is 0.875 bits per heavy atom. The van der Waals surface area contributed by atoms with Crippen LogP contribution in [0.1, 0.15) is 13.8 Å². The van der Waals surface area contributed by atoms with E-state index in [1.54, 1.807) is 30.1 Å². The monoisotopic (exact) mass is 328 g/mol. The quantitative estimate of drug-likeness (QED) is 0.794. The highest BCUT2D eigenvalue weighted by Crippen LogP contribution is 2.33. The van der Waals surface area contributed by atoms with Crippen LogP contribution in [0, 0.1) is 0 Å². The number of methoxy groups -OCH3 is 2. The summed E-state index contributed by atoms with van der Waals surface area (Å²) in [7, 11) is 3.19. The summed E-state index contributed by atoms with van der Waals surface area (Å²) in [6.07, 6.45) is 0. The molecule has 0 fully saturated rings. The van der Waals surface area contributed by atoms with Gasteiger partial charge in [0.2, 0.25) is 0 Å². The number of benzene rings is 2. The van der Waals surface area contributed by atoms with Crippen LogP contribution in [0.2, 0.25) is 0 Å². The van der Waals surface area contributed by atoms with Crippen molar-refractivity contribution in [2.45, 2.75) is 13.8 Å². The molecule has 24 heavy (non-hydrogen) atoms. The maximum absolute atomic E-state index is 13.1. The van der Waals surface area contributed by atoms with Gasteiger partial charge in [-0.15, -0.1) is 0 Å². The van der Waals surface area contributed by atoms with Gasteiger partial charge in [-0.2, -0.15) is 0 Å². The zero-order chi connectivity index (χ0) is 17.5. The Morgan fingerprint density at radius 3 is 1.88 bits per heavy atom. The normalized spacial score (nSPS) is 10.2. The van der Waals surface area contributed by atoms with Crippen LogP contribution in [0.4, 0.5) is 16.2 Å². The second-order valence-corrected chi connectivity index (χ2v) is 5.20. The second kappa shape index (κ2) is 8.24. The van der Waals surface area contributed by atoms with Gasteiger partial charge in [0.25, 0.3) is 0 Å². The summed E-state index contributed by atoms with van der Waals surface area (Å²) in [4.78, 5) is 16.5. The molecular weight excluding hydrogens is 304 g/mol. The van der Waals surface area contributed by atoms with Crippen molar-refractivity contribution in [1.82, 2.24) is 4.90 Å². The van der Waals surface area contributed by atoms with Crippen LogP contribution in [0.25, 0.3) is 0 Å². The van der Waals surface area contributed by atoms with Gasteiger partial charge < -0.3 is 14.4 Å². The molecule has 0 aliphatic carbocycles. The van der Waals surface area contributed by atoms with E-state index >= 15 is 0 Å². The summed E-state index contributed by atoms with van der Waals surface area (Å²) in [5.41, 5.74) is 1.50. The average Bonchev–Trinajstić information content (AvgIpc) is 2.63. The van der Waals surface area contributed by atoms with Crippen molar-refractivity contribution in [2.75, 3.05) is 32.2 Å². The van der Waals surface area contributed by atoms with E-state index in [9.17, 15) is 4.79 Å². The van der Waals surface area contributed by atoms with E-state index < -0.39 is 0 Å². The van der Waals surface area contributed by atoms with Crippen molar-refractivity contribution in [3.63, 3.8) is 0 Å². The van der Waals surface area contributed by atoms with Crippen molar-refractivity contribution in [3.05, 3.63) is 48.5 Å². The molecule has 2 aromatic rings. The standard InChI is InChI=1S/C19H24N2O3/c1-5-20(6-2)19(22)21(15-10-8-7-9-11-15)16-12-17(23-3)14-18(13-16)24-4/h7-14H,5-6H2,1-4H3. The topological polar surface area (TPSA) is 42.0 Å². The number of nitrogens with zero attached hydrogens (tertiary/aromatic N) is 2. The first-order chi connectivity index (χ1) is 11.6. The van der Waals surface area contributed by atoms with Crippen molar-refractivity contribution >= 4 is 17.4 Å². The number of amides is 2. The van der Waals surface area contributed by atoms with Crippen LogP contribution < -0.4 is 14.4 Å². The number of rotatable bonds is 6. The summed E-state index contributed by atoms with van der Waals surface area (Å²) < 4.78 is 10.7. The number of anilines is 2. The minimum atomic E-state index is -0.0819. The number of hydrogen-bond donors (Lipinski definition) is 0. The molecule has 128 valence electrons. The van der Waals surface area contributed by atoms with E-state index in [1.807, 2.05) is 56.3 Å². The molecule has 0 aromatic heterocycles. The van der Waals surface area contributed by atoms with Crippen LogP contribution in [0.15, 0.2) is 48.5 Å². The molecule has 2 rings (SSSR count). The van der Waals surface area contributed by atoms with Gasteiger partial charge in [0.1, 0.15) is 11.5 Å². The van der Waals surface area contributed by atoms with Gasteiger partial charge in [-0.05, 0) is 26.0 Å². The third kappa shape index (κ3) is 3.79. The lowest BCUT2D eigenvalue weighted by atomic mass is 10.2. The number of urea groups is 1. The molecule has 5 heteroatoms. The SMILES string of the molecule is CCN(CC)C(=O)N(c1ccccc1)c1cc(OC)cc(OC)c1. The largest absolute Gasteiger partial charge is 0.497 e. The molecule has 0 saturated heterocycles. The number of para-hydroxylation sites is 1. The van der Waals surface area contributed by atoms with E-state index in [1.165, 1.54) is 0 Å². The minimum absolute atomic E-state index is 0.0819. The zero-order valence-electron chi connectivity index (χ0n) is 14.7. The van der Waals surface area contributed by atoms with Gasteiger partial charge in [-0.3, -0.25) is 4.90 Å². The van der Waals surface area contributed by atoms with Gasteiger partial charge in [0.15, 0.2) is 0 Å². The molecule has 0 atom stereocenters. The Balaban J connectivity index is 2.56. The molecule has 0 unspecified atom stereocenters. The Bertz CT molecular complexity index is 647. The molecule has 0 spiro atoms. The van der Waals surface area contributed by atoms with E-state index in [2.05, 4.69) is 0 Å². The Hall–Kier alpha value is -2.69. The lowest BCUT2D eigenvalue weighted by Gasteiger charge is -2.30. The lowest BCUT2D eigenvalue weighted by Crippen LogP contribution is -2.40. The van der Waals surface area contributed by atoms with Gasteiger partial charge >= 0.3 is 6.03 Å². The Labute approximate surface area is 143 Å². The third-order valence-electron chi connectivity index (χ3n) is 3.83. The maximum Gasteiger partial charge on any atom is 0.329 e. The number of ether oxygens (including phenoxy) is 2. The fourth-order valence-corrected chi connectivity index (χ4v) is 2.50. The zero-order valence-corrected chi connectivity index (χ0v) is 14.7. The smallest absolute Gasteiger partial charge is 0.329 e. The average molecular weight is 328 g/mol. The van der Waals surface area contributed by atoms with Crippen molar-refractivity contribution in [1.29, 1.82) is 0 Å². The predicted molar refractivity (Wildman–Crippen MR) is 96.4 cm³/mol. The summed E-state index contributed by atoms with van der Waals surface area (Å²) >= 11 is 0. The summed E-state index contributed by atoms with van der Waals surface area (Å²) in [6.45, 7) is 5.22. The number of carbonyl (C=O) groups excluding carboxylic acids is 1. The highest BCUT2D eigenvalue weighted by Gasteiger charge is 2.23. The van der Waals surface area contributed by atoms with Crippen molar-refractivity contribution in [2.24, 2.45) is 0 Å². The molecule has 2 aromatic carbocycles. The fraction of sp³-hybridized carbons (Fsp3) is 0.316. The van der Waals surface area contributed by atoms with Gasteiger partial charge in [0.05, 0.1) is 25.6 Å². The van der Waals surface area contributed by atoms with E-state index in [0.717, 1.165) is 5.69 Å². The van der Waals surface area contributed by atoms with Crippen molar-refractivity contribution < 1.29 is 14.3 Å². The van der Waals surface area contributed by atoms with E-state index in [4.69, 9.17) is 9.47 Å². The lowest BCUT2D eigenvalue weighted by molar-refractivity contribution is 0.212. The maximum atomic E-state index is 13.1. The molecule has 0 saturated carbocycles. The first-order valence-corrected chi connectivity index (χ1v) is 8.01. The second-order valence-electron chi connectivity index (χ2n) is 5.20. The molecule has 5 nitrogen and oxygen atoms in total. The van der Waals surface area contributed by atoms with Crippen LogP contribution in [-0.2, 0) is 0 Å². The van der Waals surface area contributed by atoms with Gasteiger partial charge in [-0.25, -0.2) is 4.79 Å². The van der Waals surface area contributed by atoms with Crippen LogP contribution >= 0.6 is 0 Å². The van der Waals surface area contributed by atoms with Gasteiger partial charge in [0, 0.05) is 31.3 Å². The summed E-state index contributed by atoms with van der Waals surface area (Å²) in [6, 6.07) is 14.9. The van der Waals surface area contributed by atoms with E-state index in [-0.39, 0.29) is 6.03 Å².